The summed E-state index contributed by atoms with van der Waals surface area (Å²) in [4.78, 5) is 24.1. The fourth-order valence-electron chi connectivity index (χ4n) is 4.37. The van der Waals surface area contributed by atoms with Crippen LogP contribution in [0, 0.1) is 15.9 Å². The van der Waals surface area contributed by atoms with Crippen LogP contribution in [0.2, 0.25) is 0 Å². The monoisotopic (exact) mass is 473 g/mol. The van der Waals surface area contributed by atoms with Gasteiger partial charge in [-0.15, -0.1) is 0 Å². The fraction of sp³-hybridized carbons (Fsp3) is 0.250. The lowest BCUT2D eigenvalue weighted by atomic mass is 9.87. The molecule has 2 atom stereocenters. The second kappa shape index (κ2) is 10.5. The van der Waals surface area contributed by atoms with Crippen molar-refractivity contribution in [3.8, 4) is 0 Å². The van der Waals surface area contributed by atoms with Crippen molar-refractivity contribution in [3.05, 3.63) is 112 Å². The smallest absolute Gasteiger partial charge is 0.270 e. The van der Waals surface area contributed by atoms with E-state index in [-0.39, 0.29) is 24.1 Å². The number of halogens is 1. The van der Waals surface area contributed by atoms with Gasteiger partial charge < -0.3 is 9.88 Å². The molecule has 0 radical (unpaired) electrons. The maximum absolute atomic E-state index is 14.2. The summed E-state index contributed by atoms with van der Waals surface area (Å²) in [6.45, 7) is 4.49. The summed E-state index contributed by atoms with van der Waals surface area (Å²) in [7, 11) is 0. The number of benzene rings is 3. The molecule has 1 amide bonds. The third-order valence-corrected chi connectivity index (χ3v) is 6.34. The highest BCUT2D eigenvalue weighted by Crippen LogP contribution is 2.37. The number of fused-ring (bicyclic) bond motifs is 1. The van der Waals surface area contributed by atoms with Gasteiger partial charge in [0.05, 0.1) is 4.92 Å². The number of aromatic nitrogens is 1. The first-order chi connectivity index (χ1) is 16.9. The first kappa shape index (κ1) is 24.1. The first-order valence-corrected chi connectivity index (χ1v) is 11.7. The molecule has 1 N–H and O–H groups in total. The maximum atomic E-state index is 14.2. The molecule has 0 saturated carbocycles. The van der Waals surface area contributed by atoms with Crippen molar-refractivity contribution in [1.29, 1.82) is 0 Å². The minimum Gasteiger partial charge on any atom is -0.354 e. The van der Waals surface area contributed by atoms with Crippen molar-refractivity contribution in [2.24, 2.45) is 0 Å². The van der Waals surface area contributed by atoms with Crippen molar-refractivity contribution in [3.63, 3.8) is 0 Å². The average Bonchev–Trinajstić information content (AvgIpc) is 3.20. The molecule has 2 unspecified atom stereocenters. The number of carbonyl (C=O) groups excluding carboxylic acids is 1. The van der Waals surface area contributed by atoms with Gasteiger partial charge in [-0.1, -0.05) is 49.4 Å². The van der Waals surface area contributed by atoms with Crippen LogP contribution in [-0.2, 0) is 11.3 Å². The third kappa shape index (κ3) is 5.57. The zero-order chi connectivity index (χ0) is 24.9. The zero-order valence-corrected chi connectivity index (χ0v) is 19.8. The summed E-state index contributed by atoms with van der Waals surface area (Å²) in [5.74, 6) is -1.02. The van der Waals surface area contributed by atoms with Gasteiger partial charge in [-0.2, -0.15) is 0 Å². The second-order valence-electron chi connectivity index (χ2n) is 8.85. The largest absolute Gasteiger partial charge is 0.354 e. The van der Waals surface area contributed by atoms with E-state index in [1.165, 1.54) is 18.2 Å². The Labute approximate surface area is 203 Å². The van der Waals surface area contributed by atoms with Crippen LogP contribution in [0.1, 0.15) is 49.3 Å². The van der Waals surface area contributed by atoms with E-state index < -0.39 is 16.7 Å². The number of hydrogen-bond acceptors (Lipinski definition) is 3. The van der Waals surface area contributed by atoms with Crippen molar-refractivity contribution in [2.75, 3.05) is 0 Å². The zero-order valence-electron chi connectivity index (χ0n) is 19.8. The SMILES string of the molecule is CCC(C)NC(=O)CC(c1cccc(F)c1)c1cn(Cc2ccccc2)c2ccc([N+](=O)[O-])cc12. The summed E-state index contributed by atoms with van der Waals surface area (Å²) < 4.78 is 16.3. The number of non-ortho nitro benzene ring substituents is 1. The van der Waals surface area contributed by atoms with Crippen LogP contribution in [-0.4, -0.2) is 21.4 Å². The average molecular weight is 474 g/mol. The number of nitro benzene ring substituents is 1. The van der Waals surface area contributed by atoms with Gasteiger partial charge in [0.25, 0.3) is 5.69 Å². The van der Waals surface area contributed by atoms with E-state index in [0.717, 1.165) is 23.1 Å². The molecule has 0 aliphatic heterocycles. The fourth-order valence-corrected chi connectivity index (χ4v) is 4.37. The molecule has 0 bridgehead atoms. The molecule has 0 saturated heterocycles. The summed E-state index contributed by atoms with van der Waals surface area (Å²) >= 11 is 0. The van der Waals surface area contributed by atoms with Crippen LogP contribution in [0.3, 0.4) is 0 Å². The summed E-state index contributed by atoms with van der Waals surface area (Å²) in [5.41, 5.74) is 3.27. The molecule has 0 aliphatic rings. The molecule has 1 aromatic heterocycles. The minimum absolute atomic E-state index is 0.0103. The molecular formula is C28H28FN3O3. The Kier molecular flexibility index (Phi) is 7.25. The van der Waals surface area contributed by atoms with Gasteiger partial charge in [-0.25, -0.2) is 4.39 Å². The molecule has 180 valence electrons. The Hall–Kier alpha value is -4.00. The van der Waals surface area contributed by atoms with Crippen LogP contribution in [0.15, 0.2) is 79.0 Å². The van der Waals surface area contributed by atoms with Gasteiger partial charge in [0.1, 0.15) is 5.82 Å². The van der Waals surface area contributed by atoms with E-state index in [4.69, 9.17) is 0 Å². The molecule has 35 heavy (non-hydrogen) atoms. The molecular weight excluding hydrogens is 445 g/mol. The van der Waals surface area contributed by atoms with E-state index in [0.29, 0.717) is 17.5 Å². The van der Waals surface area contributed by atoms with Crippen molar-refractivity contribution in [1.82, 2.24) is 9.88 Å². The molecule has 4 aromatic rings. The van der Waals surface area contributed by atoms with Crippen molar-refractivity contribution in [2.45, 2.75) is 45.2 Å². The summed E-state index contributed by atoms with van der Waals surface area (Å²) in [5, 5.41) is 15.2. The predicted molar refractivity (Wildman–Crippen MR) is 135 cm³/mol. The van der Waals surface area contributed by atoms with Crippen LogP contribution >= 0.6 is 0 Å². The molecule has 0 aliphatic carbocycles. The lowest BCUT2D eigenvalue weighted by Crippen LogP contribution is -2.33. The lowest BCUT2D eigenvalue weighted by Gasteiger charge is -2.19. The van der Waals surface area contributed by atoms with Gasteiger partial charge in [-0.3, -0.25) is 14.9 Å². The third-order valence-electron chi connectivity index (χ3n) is 6.34. The van der Waals surface area contributed by atoms with E-state index in [2.05, 4.69) is 5.32 Å². The van der Waals surface area contributed by atoms with Crippen molar-refractivity contribution < 1.29 is 14.1 Å². The van der Waals surface area contributed by atoms with Crippen LogP contribution in [0.4, 0.5) is 10.1 Å². The quantitative estimate of drug-likeness (QED) is 0.233. The molecule has 0 spiro atoms. The Balaban J connectivity index is 1.86. The number of rotatable bonds is 9. The number of nitrogens with zero attached hydrogens (tertiary/aromatic N) is 2. The van der Waals surface area contributed by atoms with E-state index >= 15 is 0 Å². The van der Waals surface area contributed by atoms with Gasteiger partial charge in [0.15, 0.2) is 0 Å². The highest BCUT2D eigenvalue weighted by molar-refractivity contribution is 5.88. The topological polar surface area (TPSA) is 77.2 Å². The van der Waals surface area contributed by atoms with E-state index in [9.17, 15) is 19.3 Å². The van der Waals surface area contributed by atoms with Gasteiger partial charge in [-0.05, 0) is 48.2 Å². The molecule has 7 heteroatoms. The molecule has 0 fully saturated rings. The Morgan fingerprint density at radius 3 is 2.54 bits per heavy atom. The highest BCUT2D eigenvalue weighted by Gasteiger charge is 2.25. The Morgan fingerprint density at radius 1 is 1.09 bits per heavy atom. The predicted octanol–water partition coefficient (Wildman–Crippen LogP) is 6.17. The molecule has 4 rings (SSSR count). The minimum atomic E-state index is -0.476. The standard InChI is InChI=1S/C28H28FN3O3/c1-3-19(2)30-28(33)16-24(21-10-7-11-22(29)14-21)26-18-31(17-20-8-5-4-6-9-20)27-13-12-23(32(34)35)15-25(26)27/h4-15,18-19,24H,3,16-17H2,1-2H3,(H,30,33). The highest BCUT2D eigenvalue weighted by atomic mass is 19.1. The van der Waals surface area contributed by atoms with E-state index in [1.807, 2.05) is 54.9 Å². The van der Waals surface area contributed by atoms with Crippen LogP contribution in [0.25, 0.3) is 10.9 Å². The summed E-state index contributed by atoms with van der Waals surface area (Å²) in [6, 6.07) is 20.9. The molecule has 6 nitrogen and oxygen atoms in total. The van der Waals surface area contributed by atoms with Crippen LogP contribution in [0.5, 0.6) is 0 Å². The Bertz CT molecular complexity index is 1350. The van der Waals surface area contributed by atoms with Gasteiger partial charge in [0.2, 0.25) is 5.91 Å². The summed E-state index contributed by atoms with van der Waals surface area (Å²) in [6.07, 6.45) is 2.83. The Morgan fingerprint density at radius 2 is 1.86 bits per heavy atom. The van der Waals surface area contributed by atoms with E-state index in [1.54, 1.807) is 24.3 Å². The normalized spacial score (nSPS) is 12.9. The molecule has 1 heterocycles. The number of nitro groups is 1. The first-order valence-electron chi connectivity index (χ1n) is 11.7. The van der Waals surface area contributed by atoms with Gasteiger partial charge in [0, 0.05) is 54.2 Å². The lowest BCUT2D eigenvalue weighted by molar-refractivity contribution is -0.384. The number of hydrogen-bond donors (Lipinski definition) is 1. The van der Waals surface area contributed by atoms with Crippen molar-refractivity contribution >= 4 is 22.5 Å². The number of amides is 1. The maximum Gasteiger partial charge on any atom is 0.270 e. The molecule has 3 aromatic carbocycles. The van der Waals surface area contributed by atoms with Crippen LogP contribution < -0.4 is 5.32 Å². The number of nitrogens with one attached hydrogen (secondary N) is 1. The number of carbonyl (C=O) groups is 1. The second-order valence-corrected chi connectivity index (χ2v) is 8.85. The van der Waals surface area contributed by atoms with Gasteiger partial charge >= 0.3 is 0 Å².